The first kappa shape index (κ1) is 14.3. The summed E-state index contributed by atoms with van der Waals surface area (Å²) in [5.74, 6) is 1.77. The second-order valence-electron chi connectivity index (χ2n) is 6.48. The summed E-state index contributed by atoms with van der Waals surface area (Å²) in [6.07, 6.45) is 2.62. The molecule has 5 nitrogen and oxygen atoms in total. The SMILES string of the molecule is c1cc2c(cc1CN1CCN(C3CCNCC3)CC1)OCO2. The first-order valence-corrected chi connectivity index (χ1v) is 8.44. The zero-order valence-corrected chi connectivity index (χ0v) is 13.1. The topological polar surface area (TPSA) is 37.0 Å². The van der Waals surface area contributed by atoms with Crippen LogP contribution >= 0.6 is 0 Å². The number of hydrogen-bond acceptors (Lipinski definition) is 5. The van der Waals surface area contributed by atoms with Gasteiger partial charge in [-0.15, -0.1) is 0 Å². The van der Waals surface area contributed by atoms with Crippen LogP contribution in [-0.2, 0) is 6.54 Å². The van der Waals surface area contributed by atoms with Gasteiger partial charge in [-0.1, -0.05) is 6.07 Å². The molecule has 3 aliphatic heterocycles. The Bertz CT molecular complexity index is 509. The van der Waals surface area contributed by atoms with Crippen molar-refractivity contribution < 1.29 is 9.47 Å². The molecule has 0 aliphatic carbocycles. The van der Waals surface area contributed by atoms with Gasteiger partial charge in [0.15, 0.2) is 11.5 Å². The van der Waals surface area contributed by atoms with E-state index in [1.54, 1.807) is 0 Å². The smallest absolute Gasteiger partial charge is 0.231 e. The van der Waals surface area contributed by atoms with E-state index >= 15 is 0 Å². The number of fused-ring (bicyclic) bond motifs is 1. The minimum absolute atomic E-state index is 0.355. The largest absolute Gasteiger partial charge is 0.454 e. The van der Waals surface area contributed by atoms with Crippen LogP contribution in [0.25, 0.3) is 0 Å². The number of ether oxygens (including phenoxy) is 2. The Morgan fingerprint density at radius 3 is 2.59 bits per heavy atom. The van der Waals surface area contributed by atoms with Crippen LogP contribution in [0.5, 0.6) is 11.5 Å². The number of nitrogens with one attached hydrogen (secondary N) is 1. The Kier molecular flexibility index (Phi) is 4.19. The molecule has 0 atom stereocenters. The Labute approximate surface area is 132 Å². The maximum absolute atomic E-state index is 5.47. The highest BCUT2D eigenvalue weighted by Crippen LogP contribution is 2.32. The lowest BCUT2D eigenvalue weighted by molar-refractivity contribution is 0.0784. The molecule has 1 aromatic carbocycles. The van der Waals surface area contributed by atoms with E-state index in [2.05, 4.69) is 27.2 Å². The molecule has 3 heterocycles. The molecule has 0 bridgehead atoms. The fraction of sp³-hybridized carbons (Fsp3) is 0.647. The maximum atomic E-state index is 5.47. The van der Waals surface area contributed by atoms with E-state index in [4.69, 9.17) is 9.47 Å². The van der Waals surface area contributed by atoms with Crippen molar-refractivity contribution in [1.82, 2.24) is 15.1 Å². The van der Waals surface area contributed by atoms with Crippen LogP contribution in [0, 0.1) is 0 Å². The second kappa shape index (κ2) is 6.44. The van der Waals surface area contributed by atoms with E-state index in [-0.39, 0.29) is 0 Å². The van der Waals surface area contributed by atoms with Gasteiger partial charge < -0.3 is 14.8 Å². The molecule has 22 heavy (non-hydrogen) atoms. The summed E-state index contributed by atoms with van der Waals surface area (Å²) < 4.78 is 10.8. The van der Waals surface area contributed by atoms with Crippen molar-refractivity contribution in [3.05, 3.63) is 23.8 Å². The van der Waals surface area contributed by atoms with Gasteiger partial charge in [0.1, 0.15) is 0 Å². The van der Waals surface area contributed by atoms with Crippen LogP contribution < -0.4 is 14.8 Å². The lowest BCUT2D eigenvalue weighted by Gasteiger charge is -2.40. The van der Waals surface area contributed by atoms with Gasteiger partial charge in [0.2, 0.25) is 6.79 Å². The van der Waals surface area contributed by atoms with Crippen LogP contribution in [0.4, 0.5) is 0 Å². The predicted molar refractivity (Wildman–Crippen MR) is 85.3 cm³/mol. The van der Waals surface area contributed by atoms with Crippen molar-refractivity contribution in [1.29, 1.82) is 0 Å². The molecule has 120 valence electrons. The van der Waals surface area contributed by atoms with E-state index in [9.17, 15) is 0 Å². The third-order valence-electron chi connectivity index (χ3n) is 5.08. The predicted octanol–water partition coefficient (Wildman–Crippen LogP) is 1.28. The molecule has 1 N–H and O–H groups in total. The van der Waals surface area contributed by atoms with Crippen LogP contribution in [0.15, 0.2) is 18.2 Å². The van der Waals surface area contributed by atoms with Crippen molar-refractivity contribution in [2.24, 2.45) is 0 Å². The van der Waals surface area contributed by atoms with Gasteiger partial charge in [-0.25, -0.2) is 0 Å². The lowest BCUT2D eigenvalue weighted by atomic mass is 10.0. The summed E-state index contributed by atoms with van der Waals surface area (Å²) in [5, 5.41) is 3.46. The third kappa shape index (κ3) is 3.07. The standard InChI is InChI=1S/C17H25N3O2/c1-2-16-17(22-13-21-16)11-14(1)12-19-7-9-20(10-8-19)15-3-5-18-6-4-15/h1-2,11,15,18H,3-10,12-13H2. The fourth-order valence-corrected chi connectivity index (χ4v) is 3.76. The summed E-state index contributed by atoms with van der Waals surface area (Å²) in [4.78, 5) is 5.24. The molecule has 0 unspecified atom stereocenters. The molecular weight excluding hydrogens is 278 g/mol. The van der Waals surface area contributed by atoms with E-state index < -0.39 is 0 Å². The molecule has 5 heteroatoms. The van der Waals surface area contributed by atoms with Gasteiger partial charge in [0.05, 0.1) is 0 Å². The molecule has 0 saturated carbocycles. The minimum Gasteiger partial charge on any atom is -0.454 e. The van der Waals surface area contributed by atoms with Gasteiger partial charge in [0, 0.05) is 38.8 Å². The van der Waals surface area contributed by atoms with Crippen LogP contribution in [0.1, 0.15) is 18.4 Å². The number of benzene rings is 1. The summed E-state index contributed by atoms with van der Waals surface area (Å²) in [6.45, 7) is 8.47. The molecule has 2 saturated heterocycles. The van der Waals surface area contributed by atoms with Gasteiger partial charge in [-0.3, -0.25) is 9.80 Å². The van der Waals surface area contributed by atoms with Crippen LogP contribution in [-0.4, -0.2) is 61.9 Å². The zero-order chi connectivity index (χ0) is 14.8. The first-order valence-electron chi connectivity index (χ1n) is 8.44. The maximum Gasteiger partial charge on any atom is 0.231 e. The average Bonchev–Trinajstić information content (AvgIpc) is 3.04. The molecule has 1 aromatic rings. The highest BCUT2D eigenvalue weighted by Gasteiger charge is 2.25. The quantitative estimate of drug-likeness (QED) is 0.910. The highest BCUT2D eigenvalue weighted by atomic mass is 16.7. The first-order chi connectivity index (χ1) is 10.9. The monoisotopic (exact) mass is 303 g/mol. The van der Waals surface area contributed by atoms with Gasteiger partial charge >= 0.3 is 0 Å². The van der Waals surface area contributed by atoms with Crippen molar-refractivity contribution in [2.45, 2.75) is 25.4 Å². The number of piperazine rings is 1. The molecule has 0 amide bonds. The molecule has 0 radical (unpaired) electrons. The van der Waals surface area contributed by atoms with E-state index in [0.717, 1.165) is 24.1 Å². The van der Waals surface area contributed by atoms with E-state index in [0.29, 0.717) is 6.79 Å². The molecule has 3 aliphatic rings. The number of nitrogens with zero attached hydrogens (tertiary/aromatic N) is 2. The summed E-state index contributed by atoms with van der Waals surface area (Å²) >= 11 is 0. The van der Waals surface area contributed by atoms with Crippen molar-refractivity contribution in [3.63, 3.8) is 0 Å². The molecule has 0 aromatic heterocycles. The number of hydrogen-bond donors (Lipinski definition) is 1. The highest BCUT2D eigenvalue weighted by molar-refractivity contribution is 5.44. The van der Waals surface area contributed by atoms with Crippen molar-refractivity contribution in [2.75, 3.05) is 46.1 Å². The molecule has 0 spiro atoms. The van der Waals surface area contributed by atoms with Crippen molar-refractivity contribution >= 4 is 0 Å². The summed E-state index contributed by atoms with van der Waals surface area (Å²) in [7, 11) is 0. The third-order valence-corrected chi connectivity index (χ3v) is 5.08. The summed E-state index contributed by atoms with van der Waals surface area (Å²) in [6, 6.07) is 7.12. The van der Waals surface area contributed by atoms with Crippen LogP contribution in [0.3, 0.4) is 0 Å². The zero-order valence-electron chi connectivity index (χ0n) is 13.1. The van der Waals surface area contributed by atoms with Gasteiger partial charge in [0.25, 0.3) is 0 Å². The van der Waals surface area contributed by atoms with Crippen LogP contribution in [0.2, 0.25) is 0 Å². The van der Waals surface area contributed by atoms with Crippen molar-refractivity contribution in [3.8, 4) is 11.5 Å². The second-order valence-corrected chi connectivity index (χ2v) is 6.48. The Morgan fingerprint density at radius 1 is 1.00 bits per heavy atom. The average molecular weight is 303 g/mol. The Hall–Kier alpha value is -1.30. The lowest BCUT2D eigenvalue weighted by Crippen LogP contribution is -2.52. The molecular formula is C17H25N3O2. The Balaban J connectivity index is 1.30. The fourth-order valence-electron chi connectivity index (χ4n) is 3.76. The van der Waals surface area contributed by atoms with E-state index in [1.807, 2.05) is 6.07 Å². The van der Waals surface area contributed by atoms with Gasteiger partial charge in [-0.05, 0) is 43.6 Å². The number of rotatable bonds is 3. The minimum atomic E-state index is 0.355. The molecule has 2 fully saturated rings. The normalized spacial score (nSPS) is 23.8. The summed E-state index contributed by atoms with van der Waals surface area (Å²) in [5.41, 5.74) is 1.32. The number of piperidine rings is 1. The van der Waals surface area contributed by atoms with Gasteiger partial charge in [-0.2, -0.15) is 0 Å². The molecule has 4 rings (SSSR count). The Morgan fingerprint density at radius 2 is 1.77 bits per heavy atom. The van der Waals surface area contributed by atoms with E-state index in [1.165, 1.54) is 57.7 Å².